The van der Waals surface area contributed by atoms with Crippen molar-refractivity contribution in [1.29, 1.82) is 0 Å². The maximum atomic E-state index is 11.2. The predicted octanol–water partition coefficient (Wildman–Crippen LogP) is 2.31. The van der Waals surface area contributed by atoms with Crippen molar-refractivity contribution in [2.75, 3.05) is 7.11 Å². The third-order valence-electron chi connectivity index (χ3n) is 2.91. The number of hydrogen-bond acceptors (Lipinski definition) is 4. The van der Waals surface area contributed by atoms with E-state index in [0.29, 0.717) is 0 Å². The summed E-state index contributed by atoms with van der Waals surface area (Å²) in [4.78, 5) is 15.4. The van der Waals surface area contributed by atoms with E-state index in [1.807, 2.05) is 36.4 Å². The van der Waals surface area contributed by atoms with Crippen LogP contribution in [0.15, 0.2) is 48.8 Å². The molecule has 0 saturated heterocycles. The molecule has 1 aromatic heterocycles. The minimum Gasteiger partial charge on any atom is -0.469 e. The van der Waals surface area contributed by atoms with Crippen LogP contribution in [0.5, 0.6) is 0 Å². The highest BCUT2D eigenvalue weighted by molar-refractivity contribution is 5.70. The molecule has 19 heavy (non-hydrogen) atoms. The van der Waals surface area contributed by atoms with Gasteiger partial charge in [0.1, 0.15) is 0 Å². The highest BCUT2D eigenvalue weighted by Crippen LogP contribution is 2.22. The molecule has 98 valence electrons. The molecule has 0 aliphatic rings. The SMILES string of the molecule is COC(=O)C[C@H](N)c1cncc(-c2ccccc2)c1. The number of carbonyl (C=O) groups is 1. The van der Waals surface area contributed by atoms with Gasteiger partial charge in [-0.15, -0.1) is 0 Å². The van der Waals surface area contributed by atoms with Crippen molar-refractivity contribution in [3.8, 4) is 11.1 Å². The number of benzene rings is 1. The first-order valence-electron chi connectivity index (χ1n) is 6.03. The van der Waals surface area contributed by atoms with Gasteiger partial charge < -0.3 is 10.5 Å². The Kier molecular flexibility index (Phi) is 4.26. The molecule has 4 heteroatoms. The maximum Gasteiger partial charge on any atom is 0.307 e. The number of esters is 1. The lowest BCUT2D eigenvalue weighted by molar-refractivity contribution is -0.141. The lowest BCUT2D eigenvalue weighted by atomic mass is 10.0. The van der Waals surface area contributed by atoms with Gasteiger partial charge in [-0.05, 0) is 17.2 Å². The number of aromatic nitrogens is 1. The standard InChI is InChI=1S/C15H16N2O2/c1-19-15(18)8-14(16)13-7-12(9-17-10-13)11-5-3-2-4-6-11/h2-7,9-10,14H,8,16H2,1H3/t14-/m0/s1. The lowest BCUT2D eigenvalue weighted by Gasteiger charge is -2.11. The number of carbonyl (C=O) groups excluding carboxylic acids is 1. The zero-order valence-electron chi connectivity index (χ0n) is 10.7. The summed E-state index contributed by atoms with van der Waals surface area (Å²) in [6.07, 6.45) is 3.61. The van der Waals surface area contributed by atoms with Crippen LogP contribution in [0.25, 0.3) is 11.1 Å². The summed E-state index contributed by atoms with van der Waals surface area (Å²) in [5.74, 6) is -0.322. The van der Waals surface area contributed by atoms with E-state index in [4.69, 9.17) is 5.73 Å². The van der Waals surface area contributed by atoms with Crippen LogP contribution < -0.4 is 5.73 Å². The van der Waals surface area contributed by atoms with Gasteiger partial charge in [0.05, 0.1) is 13.5 Å². The quantitative estimate of drug-likeness (QED) is 0.852. The lowest BCUT2D eigenvalue weighted by Crippen LogP contribution is -2.16. The number of methoxy groups -OCH3 is 1. The summed E-state index contributed by atoms with van der Waals surface area (Å²) in [6.45, 7) is 0. The molecule has 2 rings (SSSR count). The van der Waals surface area contributed by atoms with Gasteiger partial charge in [-0.3, -0.25) is 9.78 Å². The topological polar surface area (TPSA) is 65.2 Å². The van der Waals surface area contributed by atoms with Gasteiger partial charge in [-0.2, -0.15) is 0 Å². The Hall–Kier alpha value is -2.20. The molecule has 4 nitrogen and oxygen atoms in total. The number of nitrogens with two attached hydrogens (primary N) is 1. The van der Waals surface area contributed by atoms with Crippen LogP contribution in [0.3, 0.4) is 0 Å². The first kappa shape index (κ1) is 13.2. The van der Waals surface area contributed by atoms with Gasteiger partial charge in [0.15, 0.2) is 0 Å². The predicted molar refractivity (Wildman–Crippen MR) is 73.2 cm³/mol. The molecule has 1 atom stereocenters. The second-order valence-corrected chi connectivity index (χ2v) is 4.26. The minimum atomic E-state index is -0.399. The largest absolute Gasteiger partial charge is 0.469 e. The van der Waals surface area contributed by atoms with Gasteiger partial charge >= 0.3 is 5.97 Å². The molecule has 1 heterocycles. The molecule has 0 fully saturated rings. The highest BCUT2D eigenvalue weighted by Gasteiger charge is 2.13. The van der Waals surface area contributed by atoms with E-state index in [1.54, 1.807) is 12.4 Å². The first-order valence-corrected chi connectivity index (χ1v) is 6.03. The van der Waals surface area contributed by atoms with Gasteiger partial charge in [-0.1, -0.05) is 30.3 Å². The monoisotopic (exact) mass is 256 g/mol. The fourth-order valence-electron chi connectivity index (χ4n) is 1.83. The number of pyridine rings is 1. The molecule has 1 aromatic carbocycles. The Morgan fingerprint density at radius 1 is 1.26 bits per heavy atom. The van der Waals surface area contributed by atoms with E-state index in [9.17, 15) is 4.79 Å². The first-order chi connectivity index (χ1) is 9.20. The summed E-state index contributed by atoms with van der Waals surface area (Å²) in [6, 6.07) is 11.5. The van der Waals surface area contributed by atoms with E-state index in [1.165, 1.54) is 7.11 Å². The average molecular weight is 256 g/mol. The zero-order chi connectivity index (χ0) is 13.7. The molecular weight excluding hydrogens is 240 g/mol. The van der Waals surface area contributed by atoms with Crippen molar-refractivity contribution < 1.29 is 9.53 Å². The second-order valence-electron chi connectivity index (χ2n) is 4.26. The average Bonchev–Trinajstić information content (AvgIpc) is 2.48. The highest BCUT2D eigenvalue weighted by atomic mass is 16.5. The minimum absolute atomic E-state index is 0.149. The fraction of sp³-hybridized carbons (Fsp3) is 0.200. The molecule has 0 spiro atoms. The smallest absolute Gasteiger partial charge is 0.307 e. The molecule has 0 aliphatic heterocycles. The molecule has 0 radical (unpaired) electrons. The van der Waals surface area contributed by atoms with Crippen LogP contribution in [0.2, 0.25) is 0 Å². The molecule has 0 bridgehead atoms. The number of ether oxygens (including phenoxy) is 1. The fourth-order valence-corrected chi connectivity index (χ4v) is 1.83. The Bertz CT molecular complexity index is 555. The Labute approximate surface area is 112 Å². The summed E-state index contributed by atoms with van der Waals surface area (Å²) >= 11 is 0. The van der Waals surface area contributed by atoms with Crippen LogP contribution >= 0.6 is 0 Å². The van der Waals surface area contributed by atoms with Crippen molar-refractivity contribution in [1.82, 2.24) is 4.98 Å². The van der Waals surface area contributed by atoms with Gasteiger partial charge in [-0.25, -0.2) is 0 Å². The van der Waals surface area contributed by atoms with E-state index < -0.39 is 6.04 Å². The van der Waals surface area contributed by atoms with E-state index in [2.05, 4.69) is 9.72 Å². The summed E-state index contributed by atoms with van der Waals surface area (Å²) in [5.41, 5.74) is 8.86. The summed E-state index contributed by atoms with van der Waals surface area (Å²) < 4.78 is 4.62. The van der Waals surface area contributed by atoms with Crippen LogP contribution in [0.1, 0.15) is 18.0 Å². The normalized spacial score (nSPS) is 11.9. The second kappa shape index (κ2) is 6.11. The molecule has 0 amide bonds. The number of nitrogens with zero attached hydrogens (tertiary/aromatic N) is 1. The Morgan fingerprint density at radius 3 is 2.68 bits per heavy atom. The third-order valence-corrected chi connectivity index (χ3v) is 2.91. The Morgan fingerprint density at radius 2 is 2.00 bits per heavy atom. The molecule has 0 saturated carbocycles. The van der Waals surface area contributed by atoms with Crippen molar-refractivity contribution in [3.63, 3.8) is 0 Å². The molecular formula is C15H16N2O2. The maximum absolute atomic E-state index is 11.2. The molecule has 2 aromatic rings. The molecule has 0 unspecified atom stereocenters. The van der Waals surface area contributed by atoms with Gasteiger partial charge in [0, 0.05) is 24.0 Å². The van der Waals surface area contributed by atoms with Gasteiger partial charge in [0.2, 0.25) is 0 Å². The van der Waals surface area contributed by atoms with Crippen molar-refractivity contribution in [2.24, 2.45) is 5.73 Å². The van der Waals surface area contributed by atoms with Gasteiger partial charge in [0.25, 0.3) is 0 Å². The van der Waals surface area contributed by atoms with Crippen LogP contribution in [0.4, 0.5) is 0 Å². The van der Waals surface area contributed by atoms with E-state index >= 15 is 0 Å². The van der Waals surface area contributed by atoms with E-state index in [-0.39, 0.29) is 12.4 Å². The van der Waals surface area contributed by atoms with Crippen molar-refractivity contribution >= 4 is 5.97 Å². The van der Waals surface area contributed by atoms with Crippen LogP contribution in [-0.4, -0.2) is 18.1 Å². The van der Waals surface area contributed by atoms with Crippen LogP contribution in [-0.2, 0) is 9.53 Å². The third kappa shape index (κ3) is 3.39. The zero-order valence-corrected chi connectivity index (χ0v) is 10.7. The summed E-state index contributed by atoms with van der Waals surface area (Å²) in [5, 5.41) is 0. The molecule has 2 N–H and O–H groups in total. The number of hydrogen-bond donors (Lipinski definition) is 1. The van der Waals surface area contributed by atoms with E-state index in [0.717, 1.165) is 16.7 Å². The summed E-state index contributed by atoms with van der Waals surface area (Å²) in [7, 11) is 1.35. The number of rotatable bonds is 4. The Balaban J connectivity index is 2.22. The van der Waals surface area contributed by atoms with Crippen LogP contribution in [0, 0.1) is 0 Å². The van der Waals surface area contributed by atoms with Crippen molar-refractivity contribution in [2.45, 2.75) is 12.5 Å². The molecule has 0 aliphatic carbocycles. The van der Waals surface area contributed by atoms with Crippen molar-refractivity contribution in [3.05, 3.63) is 54.4 Å².